The van der Waals surface area contributed by atoms with Crippen LogP contribution in [0, 0.1) is 5.41 Å². The number of hydrogen-bond acceptors (Lipinski definition) is 3. The van der Waals surface area contributed by atoms with Crippen LogP contribution in [0.2, 0.25) is 0 Å². The van der Waals surface area contributed by atoms with E-state index in [-0.39, 0.29) is 11.5 Å². The zero-order chi connectivity index (χ0) is 11.9. The summed E-state index contributed by atoms with van der Waals surface area (Å²) in [6.07, 6.45) is 6.30. The van der Waals surface area contributed by atoms with Crippen molar-refractivity contribution < 1.29 is 4.74 Å². The number of halogens is 1. The molecule has 0 radical (unpaired) electrons. The minimum absolute atomic E-state index is 0.0611. The van der Waals surface area contributed by atoms with E-state index in [9.17, 15) is 0 Å². The van der Waals surface area contributed by atoms with Gasteiger partial charge in [-0.05, 0) is 13.3 Å². The molecule has 92 valence electrons. The first kappa shape index (κ1) is 11.5. The van der Waals surface area contributed by atoms with Crippen molar-refractivity contribution in [2.24, 2.45) is 5.41 Å². The van der Waals surface area contributed by atoms with Gasteiger partial charge in [0, 0.05) is 42.1 Å². The van der Waals surface area contributed by atoms with E-state index < -0.39 is 0 Å². The van der Waals surface area contributed by atoms with Crippen LogP contribution in [0.3, 0.4) is 0 Å². The van der Waals surface area contributed by atoms with Crippen molar-refractivity contribution in [2.75, 3.05) is 12.5 Å². The molecular weight excluding hydrogens is 256 g/mol. The Hall–Kier alpha value is -0.580. The molecule has 0 N–H and O–H groups in total. The zero-order valence-electron chi connectivity index (χ0n) is 9.73. The van der Waals surface area contributed by atoms with E-state index in [1.807, 2.05) is 11.6 Å². The Labute approximate surface area is 109 Å². The monoisotopic (exact) mass is 270 g/mol. The molecule has 0 aliphatic carbocycles. The van der Waals surface area contributed by atoms with E-state index in [1.165, 1.54) is 0 Å². The van der Waals surface area contributed by atoms with Gasteiger partial charge in [0.15, 0.2) is 4.96 Å². The fraction of sp³-hybridized carbons (Fsp3) is 0.583. The van der Waals surface area contributed by atoms with Crippen molar-refractivity contribution in [1.82, 2.24) is 9.38 Å². The fourth-order valence-electron chi connectivity index (χ4n) is 2.50. The highest BCUT2D eigenvalue weighted by Crippen LogP contribution is 2.39. The van der Waals surface area contributed by atoms with Crippen molar-refractivity contribution >= 4 is 27.9 Å². The average Bonchev–Trinajstić information content (AvgIpc) is 2.95. The Morgan fingerprint density at radius 1 is 1.71 bits per heavy atom. The van der Waals surface area contributed by atoms with Crippen LogP contribution in [0.5, 0.6) is 0 Å². The molecule has 0 amide bonds. The topological polar surface area (TPSA) is 26.5 Å². The molecule has 2 atom stereocenters. The Balaban J connectivity index is 1.88. The van der Waals surface area contributed by atoms with Crippen molar-refractivity contribution in [3.05, 3.63) is 23.5 Å². The molecule has 1 saturated heterocycles. The molecule has 1 aliphatic heterocycles. The zero-order valence-corrected chi connectivity index (χ0v) is 11.3. The lowest BCUT2D eigenvalue weighted by Crippen LogP contribution is -2.33. The van der Waals surface area contributed by atoms with Gasteiger partial charge in [-0.2, -0.15) is 0 Å². The van der Waals surface area contributed by atoms with Crippen molar-refractivity contribution in [1.29, 1.82) is 0 Å². The summed E-state index contributed by atoms with van der Waals surface area (Å²) in [6, 6.07) is 0. The SMILES string of the molecule is CC1OCCC1(CCl)Cc1cn2ccsc2n1. The van der Waals surface area contributed by atoms with Gasteiger partial charge < -0.3 is 4.74 Å². The summed E-state index contributed by atoms with van der Waals surface area (Å²) >= 11 is 7.83. The Morgan fingerprint density at radius 2 is 2.59 bits per heavy atom. The van der Waals surface area contributed by atoms with Crippen LogP contribution >= 0.6 is 22.9 Å². The van der Waals surface area contributed by atoms with Crippen LogP contribution in [0.15, 0.2) is 17.8 Å². The number of rotatable bonds is 3. The lowest BCUT2D eigenvalue weighted by molar-refractivity contribution is 0.0732. The summed E-state index contributed by atoms with van der Waals surface area (Å²) in [5.41, 5.74) is 1.18. The third kappa shape index (κ3) is 1.88. The summed E-state index contributed by atoms with van der Waals surface area (Å²) in [5, 5.41) is 2.05. The molecule has 0 saturated carbocycles. The minimum Gasteiger partial charge on any atom is -0.378 e. The molecule has 0 bridgehead atoms. The molecule has 2 aromatic rings. The lowest BCUT2D eigenvalue weighted by atomic mass is 9.79. The summed E-state index contributed by atoms with van der Waals surface area (Å²) in [7, 11) is 0. The van der Waals surface area contributed by atoms with E-state index in [0.29, 0.717) is 5.88 Å². The summed E-state index contributed by atoms with van der Waals surface area (Å²) in [4.78, 5) is 5.68. The summed E-state index contributed by atoms with van der Waals surface area (Å²) < 4.78 is 7.74. The predicted octanol–water partition coefficient (Wildman–Crippen LogP) is 2.97. The van der Waals surface area contributed by atoms with Gasteiger partial charge in [0.25, 0.3) is 0 Å². The maximum absolute atomic E-state index is 6.17. The number of nitrogens with zero attached hydrogens (tertiary/aromatic N) is 2. The van der Waals surface area contributed by atoms with Crippen LogP contribution in [-0.2, 0) is 11.2 Å². The third-order valence-electron chi connectivity index (χ3n) is 3.77. The van der Waals surface area contributed by atoms with Crippen molar-refractivity contribution in [2.45, 2.75) is 25.9 Å². The lowest BCUT2D eigenvalue weighted by Gasteiger charge is -2.28. The van der Waals surface area contributed by atoms with Crippen molar-refractivity contribution in [3.8, 4) is 0 Å². The van der Waals surface area contributed by atoms with E-state index in [2.05, 4.69) is 22.5 Å². The average molecular weight is 271 g/mol. The van der Waals surface area contributed by atoms with Crippen LogP contribution in [0.25, 0.3) is 4.96 Å². The van der Waals surface area contributed by atoms with Gasteiger partial charge >= 0.3 is 0 Å². The molecule has 2 aromatic heterocycles. The number of fused-ring (bicyclic) bond motifs is 1. The highest BCUT2D eigenvalue weighted by Gasteiger charge is 2.41. The Bertz CT molecular complexity index is 495. The number of imidazole rings is 1. The van der Waals surface area contributed by atoms with Gasteiger partial charge in [-0.1, -0.05) is 0 Å². The predicted molar refractivity (Wildman–Crippen MR) is 70.0 cm³/mol. The highest BCUT2D eigenvalue weighted by atomic mass is 35.5. The van der Waals surface area contributed by atoms with E-state index in [4.69, 9.17) is 16.3 Å². The summed E-state index contributed by atoms with van der Waals surface area (Å²) in [6.45, 7) is 2.93. The molecule has 17 heavy (non-hydrogen) atoms. The maximum Gasteiger partial charge on any atom is 0.193 e. The van der Waals surface area contributed by atoms with E-state index >= 15 is 0 Å². The maximum atomic E-state index is 6.17. The molecule has 3 rings (SSSR count). The van der Waals surface area contributed by atoms with Gasteiger partial charge in [0.2, 0.25) is 0 Å². The normalized spacial score (nSPS) is 29.2. The number of aromatic nitrogens is 2. The van der Waals surface area contributed by atoms with E-state index in [1.54, 1.807) is 11.3 Å². The van der Waals surface area contributed by atoms with Crippen LogP contribution in [0.1, 0.15) is 19.0 Å². The van der Waals surface area contributed by atoms with Gasteiger partial charge in [-0.25, -0.2) is 4.98 Å². The number of ether oxygens (including phenoxy) is 1. The number of alkyl halides is 1. The first-order chi connectivity index (χ1) is 8.23. The third-order valence-corrected chi connectivity index (χ3v) is 5.08. The standard InChI is InChI=1S/C12H15ClN2OS/c1-9-12(8-13,2-4-16-9)6-10-7-15-3-5-17-11(15)14-10/h3,5,7,9H,2,4,6,8H2,1H3. The minimum atomic E-state index is 0.0611. The molecule has 3 heterocycles. The molecule has 3 nitrogen and oxygen atoms in total. The Morgan fingerprint density at radius 3 is 3.24 bits per heavy atom. The molecule has 1 aliphatic rings. The summed E-state index contributed by atoms with van der Waals surface area (Å²) in [5.74, 6) is 0.638. The van der Waals surface area contributed by atoms with Gasteiger partial charge in [-0.3, -0.25) is 4.40 Å². The second kappa shape index (κ2) is 4.26. The molecular formula is C12H15ClN2OS. The highest BCUT2D eigenvalue weighted by molar-refractivity contribution is 7.15. The quantitative estimate of drug-likeness (QED) is 0.802. The second-order valence-corrected chi connectivity index (χ2v) is 5.90. The Kier molecular flexibility index (Phi) is 2.89. The van der Waals surface area contributed by atoms with Crippen molar-refractivity contribution in [3.63, 3.8) is 0 Å². The fourth-order valence-corrected chi connectivity index (χ4v) is 3.66. The molecule has 1 fully saturated rings. The first-order valence-corrected chi connectivity index (χ1v) is 7.24. The van der Waals surface area contributed by atoms with Crippen LogP contribution in [-0.4, -0.2) is 28.0 Å². The largest absolute Gasteiger partial charge is 0.378 e. The van der Waals surface area contributed by atoms with Gasteiger partial charge in [0.05, 0.1) is 11.8 Å². The smallest absolute Gasteiger partial charge is 0.193 e. The van der Waals surface area contributed by atoms with Gasteiger partial charge in [0.1, 0.15) is 0 Å². The van der Waals surface area contributed by atoms with E-state index in [0.717, 1.165) is 30.1 Å². The second-order valence-electron chi connectivity index (χ2n) is 4.76. The van der Waals surface area contributed by atoms with Gasteiger partial charge in [-0.15, -0.1) is 22.9 Å². The molecule has 2 unspecified atom stereocenters. The van der Waals surface area contributed by atoms with Crippen LogP contribution in [0.4, 0.5) is 0 Å². The molecule has 0 aromatic carbocycles. The first-order valence-electron chi connectivity index (χ1n) is 5.82. The molecule has 5 heteroatoms. The number of hydrogen-bond donors (Lipinski definition) is 0. The van der Waals surface area contributed by atoms with Crippen LogP contribution < -0.4 is 0 Å². The number of thiazole rings is 1. The molecule has 0 spiro atoms.